The zero-order valence-corrected chi connectivity index (χ0v) is 13.4. The molecule has 2 N–H and O–H groups in total. The third-order valence-electron chi connectivity index (χ3n) is 4.06. The molecule has 1 saturated heterocycles. The molecule has 7 nitrogen and oxygen atoms in total. The molecule has 2 heterocycles. The minimum absolute atomic E-state index is 0.154. The summed E-state index contributed by atoms with van der Waals surface area (Å²) in [5.74, 6) is 0.602. The van der Waals surface area contributed by atoms with Gasteiger partial charge in [0.05, 0.1) is 18.5 Å². The SMILES string of the molecule is COc1ccc(-n2nnc(C(=O)N[C@H]3CCCNC3)c2C)cc1. The van der Waals surface area contributed by atoms with E-state index in [0.29, 0.717) is 5.69 Å². The number of hydrogen-bond donors (Lipinski definition) is 2. The fourth-order valence-corrected chi connectivity index (χ4v) is 2.74. The van der Waals surface area contributed by atoms with Crippen LogP contribution in [0.2, 0.25) is 0 Å². The van der Waals surface area contributed by atoms with Crippen molar-refractivity contribution in [3.8, 4) is 11.4 Å². The van der Waals surface area contributed by atoms with Gasteiger partial charge in [0.15, 0.2) is 5.69 Å². The maximum atomic E-state index is 12.4. The van der Waals surface area contributed by atoms with Gasteiger partial charge in [0.2, 0.25) is 0 Å². The number of benzene rings is 1. The first-order valence-corrected chi connectivity index (χ1v) is 7.77. The number of aromatic nitrogens is 3. The van der Waals surface area contributed by atoms with Gasteiger partial charge in [0.25, 0.3) is 5.91 Å². The molecule has 0 unspecified atom stereocenters. The number of nitrogens with zero attached hydrogens (tertiary/aromatic N) is 3. The molecule has 1 aliphatic rings. The van der Waals surface area contributed by atoms with Gasteiger partial charge >= 0.3 is 0 Å². The van der Waals surface area contributed by atoms with E-state index in [1.165, 1.54) is 0 Å². The number of piperidine rings is 1. The van der Waals surface area contributed by atoms with Crippen molar-refractivity contribution >= 4 is 5.91 Å². The number of carbonyl (C=O) groups is 1. The summed E-state index contributed by atoms with van der Waals surface area (Å²) < 4.78 is 6.81. The molecule has 122 valence electrons. The van der Waals surface area contributed by atoms with Gasteiger partial charge < -0.3 is 15.4 Å². The Bertz CT molecular complexity index is 674. The first kappa shape index (κ1) is 15.5. The number of ether oxygens (including phenoxy) is 1. The molecular formula is C16H21N5O2. The lowest BCUT2D eigenvalue weighted by atomic mass is 10.1. The predicted molar refractivity (Wildman–Crippen MR) is 86.0 cm³/mol. The van der Waals surface area contributed by atoms with Crippen molar-refractivity contribution in [1.82, 2.24) is 25.6 Å². The van der Waals surface area contributed by atoms with Crippen LogP contribution < -0.4 is 15.4 Å². The van der Waals surface area contributed by atoms with E-state index in [9.17, 15) is 4.79 Å². The molecule has 1 fully saturated rings. The molecule has 1 atom stereocenters. The van der Waals surface area contributed by atoms with Gasteiger partial charge in [-0.05, 0) is 50.6 Å². The van der Waals surface area contributed by atoms with E-state index in [-0.39, 0.29) is 11.9 Å². The standard InChI is InChI=1S/C16H21N5O2/c1-11-15(16(22)18-12-4-3-9-17-10-12)19-20-21(11)13-5-7-14(23-2)8-6-13/h5-8,12,17H,3-4,9-10H2,1-2H3,(H,18,22)/t12-/m0/s1. The van der Waals surface area contributed by atoms with E-state index in [1.54, 1.807) is 11.8 Å². The zero-order chi connectivity index (χ0) is 16.2. The van der Waals surface area contributed by atoms with E-state index in [2.05, 4.69) is 20.9 Å². The summed E-state index contributed by atoms with van der Waals surface area (Å²) in [5.41, 5.74) is 1.93. The molecule has 7 heteroatoms. The van der Waals surface area contributed by atoms with Crippen molar-refractivity contribution in [1.29, 1.82) is 0 Å². The highest BCUT2D eigenvalue weighted by atomic mass is 16.5. The van der Waals surface area contributed by atoms with Gasteiger partial charge in [-0.3, -0.25) is 4.79 Å². The summed E-state index contributed by atoms with van der Waals surface area (Å²) in [6.45, 7) is 3.66. The summed E-state index contributed by atoms with van der Waals surface area (Å²) >= 11 is 0. The highest BCUT2D eigenvalue weighted by Gasteiger charge is 2.21. The van der Waals surface area contributed by atoms with Crippen LogP contribution in [0.15, 0.2) is 24.3 Å². The normalized spacial score (nSPS) is 17.7. The fourth-order valence-electron chi connectivity index (χ4n) is 2.74. The highest BCUT2D eigenvalue weighted by Crippen LogP contribution is 2.17. The predicted octanol–water partition coefficient (Wildman–Crippen LogP) is 1.07. The maximum absolute atomic E-state index is 12.4. The quantitative estimate of drug-likeness (QED) is 0.882. The molecular weight excluding hydrogens is 294 g/mol. The third-order valence-corrected chi connectivity index (χ3v) is 4.06. The molecule has 2 aromatic rings. The molecule has 0 spiro atoms. The van der Waals surface area contributed by atoms with Gasteiger partial charge in [-0.15, -0.1) is 5.10 Å². The van der Waals surface area contributed by atoms with Crippen LogP contribution in [0.3, 0.4) is 0 Å². The molecule has 1 aromatic carbocycles. The van der Waals surface area contributed by atoms with Crippen molar-refractivity contribution in [3.05, 3.63) is 35.7 Å². The van der Waals surface area contributed by atoms with Crippen LogP contribution in [-0.4, -0.2) is 47.1 Å². The maximum Gasteiger partial charge on any atom is 0.274 e. The van der Waals surface area contributed by atoms with Crippen molar-refractivity contribution in [2.75, 3.05) is 20.2 Å². The van der Waals surface area contributed by atoms with Crippen LogP contribution in [0, 0.1) is 6.92 Å². The molecule has 0 radical (unpaired) electrons. The summed E-state index contributed by atoms with van der Waals surface area (Å²) in [7, 11) is 1.62. The number of nitrogens with one attached hydrogen (secondary N) is 2. The van der Waals surface area contributed by atoms with Gasteiger partial charge in [0, 0.05) is 12.6 Å². The Morgan fingerprint density at radius 3 is 2.83 bits per heavy atom. The van der Waals surface area contributed by atoms with Gasteiger partial charge in [-0.25, -0.2) is 4.68 Å². The Hall–Kier alpha value is -2.41. The second-order valence-corrected chi connectivity index (χ2v) is 5.65. The lowest BCUT2D eigenvalue weighted by Crippen LogP contribution is -2.45. The molecule has 0 bridgehead atoms. The molecule has 0 aliphatic carbocycles. The Morgan fingerprint density at radius 1 is 1.39 bits per heavy atom. The second kappa shape index (κ2) is 6.78. The summed E-state index contributed by atoms with van der Waals surface area (Å²) in [4.78, 5) is 12.4. The van der Waals surface area contributed by atoms with Crippen LogP contribution >= 0.6 is 0 Å². The number of carbonyl (C=O) groups excluding carboxylic acids is 1. The van der Waals surface area contributed by atoms with Crippen molar-refractivity contribution in [2.45, 2.75) is 25.8 Å². The summed E-state index contributed by atoms with van der Waals surface area (Å²) in [6, 6.07) is 7.62. The van der Waals surface area contributed by atoms with Gasteiger partial charge in [-0.2, -0.15) is 0 Å². The molecule has 3 rings (SSSR count). The van der Waals surface area contributed by atoms with Crippen LogP contribution in [0.1, 0.15) is 29.0 Å². The largest absolute Gasteiger partial charge is 0.497 e. The van der Waals surface area contributed by atoms with Gasteiger partial charge in [0.1, 0.15) is 5.75 Å². The Kier molecular flexibility index (Phi) is 4.57. The fraction of sp³-hybridized carbons (Fsp3) is 0.438. The monoisotopic (exact) mass is 315 g/mol. The van der Waals surface area contributed by atoms with E-state index in [0.717, 1.165) is 43.1 Å². The minimum atomic E-state index is -0.170. The average Bonchev–Trinajstić information content (AvgIpc) is 2.97. The lowest BCUT2D eigenvalue weighted by molar-refractivity contribution is 0.0925. The molecule has 23 heavy (non-hydrogen) atoms. The van der Waals surface area contributed by atoms with E-state index >= 15 is 0 Å². The summed E-state index contributed by atoms with van der Waals surface area (Å²) in [6.07, 6.45) is 2.06. The topological polar surface area (TPSA) is 81.1 Å². The number of amides is 1. The van der Waals surface area contributed by atoms with Crippen LogP contribution in [0.25, 0.3) is 5.69 Å². The highest BCUT2D eigenvalue weighted by molar-refractivity contribution is 5.93. The molecule has 1 amide bonds. The van der Waals surface area contributed by atoms with Crippen LogP contribution in [0.5, 0.6) is 5.75 Å². The first-order valence-electron chi connectivity index (χ1n) is 7.77. The summed E-state index contributed by atoms with van der Waals surface area (Å²) in [5, 5.41) is 14.5. The lowest BCUT2D eigenvalue weighted by Gasteiger charge is -2.23. The second-order valence-electron chi connectivity index (χ2n) is 5.65. The van der Waals surface area contributed by atoms with Crippen molar-refractivity contribution in [2.24, 2.45) is 0 Å². The molecule has 1 aliphatic heterocycles. The van der Waals surface area contributed by atoms with E-state index in [4.69, 9.17) is 4.74 Å². The van der Waals surface area contributed by atoms with E-state index < -0.39 is 0 Å². The Morgan fingerprint density at radius 2 is 2.17 bits per heavy atom. The van der Waals surface area contributed by atoms with Crippen molar-refractivity contribution in [3.63, 3.8) is 0 Å². The number of hydrogen-bond acceptors (Lipinski definition) is 5. The Balaban J connectivity index is 1.76. The minimum Gasteiger partial charge on any atom is -0.497 e. The number of rotatable bonds is 4. The van der Waals surface area contributed by atoms with Crippen LogP contribution in [-0.2, 0) is 0 Å². The first-order chi connectivity index (χ1) is 11.2. The van der Waals surface area contributed by atoms with Crippen molar-refractivity contribution < 1.29 is 9.53 Å². The zero-order valence-electron chi connectivity index (χ0n) is 13.4. The molecule has 1 aromatic heterocycles. The third kappa shape index (κ3) is 3.34. The molecule has 0 saturated carbocycles. The van der Waals surface area contributed by atoms with Crippen LogP contribution in [0.4, 0.5) is 0 Å². The Labute approximate surface area is 135 Å². The van der Waals surface area contributed by atoms with E-state index in [1.807, 2.05) is 31.2 Å². The smallest absolute Gasteiger partial charge is 0.274 e. The average molecular weight is 315 g/mol. The number of methoxy groups -OCH3 is 1. The van der Waals surface area contributed by atoms with Gasteiger partial charge in [-0.1, -0.05) is 5.21 Å².